The summed E-state index contributed by atoms with van der Waals surface area (Å²) in [6.07, 6.45) is 8.94. The van der Waals surface area contributed by atoms with Crippen LogP contribution in [0.3, 0.4) is 0 Å². The Hall–Kier alpha value is -2.69. The molecule has 130 valence electrons. The highest BCUT2D eigenvalue weighted by Gasteiger charge is 2.19. The van der Waals surface area contributed by atoms with Crippen LogP contribution in [-0.2, 0) is 6.42 Å². The fraction of sp³-hybridized carbons (Fsp3) is 0.350. The number of aliphatic imine (C=N–C) groups is 1. The van der Waals surface area contributed by atoms with Gasteiger partial charge in [-0.3, -0.25) is 9.67 Å². The summed E-state index contributed by atoms with van der Waals surface area (Å²) >= 11 is 0. The number of rotatable bonds is 5. The van der Waals surface area contributed by atoms with Gasteiger partial charge in [0.1, 0.15) is 11.5 Å². The molecule has 3 heterocycles. The van der Waals surface area contributed by atoms with E-state index in [1.807, 2.05) is 36.9 Å². The fourth-order valence-corrected chi connectivity index (χ4v) is 2.91. The Labute approximate surface area is 149 Å². The van der Waals surface area contributed by atoms with Crippen molar-refractivity contribution < 1.29 is 0 Å². The standard InChI is InChI=1S/C20H25N5/c1-6-7-18(23-13(2)3)17-12-25(14(4)5)24-19(17)16-10-15-8-9-21-20(15)22-11-16/h6-7,10-12,14H,2,8-9H2,1,3-5H3,(H,21,22)/b7-6-,23-18?. The first kappa shape index (κ1) is 17.1. The van der Waals surface area contributed by atoms with E-state index < -0.39 is 0 Å². The van der Waals surface area contributed by atoms with Crippen LogP contribution in [0.15, 0.2) is 47.9 Å². The van der Waals surface area contributed by atoms with Gasteiger partial charge in [-0.1, -0.05) is 12.7 Å². The molecule has 0 aromatic carbocycles. The van der Waals surface area contributed by atoms with Crippen LogP contribution in [-0.4, -0.2) is 27.0 Å². The highest BCUT2D eigenvalue weighted by atomic mass is 15.3. The Balaban J connectivity index is 2.16. The maximum Gasteiger partial charge on any atom is 0.129 e. The Morgan fingerprint density at radius 3 is 2.92 bits per heavy atom. The van der Waals surface area contributed by atoms with Crippen molar-refractivity contribution in [2.24, 2.45) is 4.99 Å². The number of hydrogen-bond donors (Lipinski definition) is 1. The van der Waals surface area contributed by atoms with Crippen LogP contribution in [0.5, 0.6) is 0 Å². The molecule has 0 bridgehead atoms. The maximum atomic E-state index is 4.83. The van der Waals surface area contributed by atoms with Crippen LogP contribution >= 0.6 is 0 Å². The first-order valence-corrected chi connectivity index (χ1v) is 8.69. The molecular formula is C20H25N5. The van der Waals surface area contributed by atoms with Crippen LogP contribution in [0.25, 0.3) is 11.3 Å². The predicted octanol–water partition coefficient (Wildman–Crippen LogP) is 4.39. The monoisotopic (exact) mass is 335 g/mol. The third kappa shape index (κ3) is 3.55. The lowest BCUT2D eigenvalue weighted by molar-refractivity contribution is 0.534. The van der Waals surface area contributed by atoms with E-state index in [1.165, 1.54) is 5.56 Å². The smallest absolute Gasteiger partial charge is 0.129 e. The number of allylic oxidation sites excluding steroid dienone is 3. The number of hydrogen-bond acceptors (Lipinski definition) is 4. The highest BCUT2D eigenvalue weighted by molar-refractivity contribution is 6.12. The number of anilines is 1. The largest absolute Gasteiger partial charge is 0.370 e. The first-order chi connectivity index (χ1) is 12.0. The van der Waals surface area contributed by atoms with Crippen LogP contribution in [0, 0.1) is 0 Å². The normalized spacial score (nSPS) is 14.2. The quantitative estimate of drug-likeness (QED) is 0.824. The van der Waals surface area contributed by atoms with Gasteiger partial charge in [0.2, 0.25) is 0 Å². The lowest BCUT2D eigenvalue weighted by atomic mass is 10.0. The van der Waals surface area contributed by atoms with Gasteiger partial charge in [-0.05, 0) is 51.8 Å². The van der Waals surface area contributed by atoms with Crippen molar-refractivity contribution in [1.82, 2.24) is 14.8 Å². The van der Waals surface area contributed by atoms with Gasteiger partial charge in [0.15, 0.2) is 0 Å². The number of fused-ring (bicyclic) bond motifs is 1. The second-order valence-electron chi connectivity index (χ2n) is 6.61. The summed E-state index contributed by atoms with van der Waals surface area (Å²) in [7, 11) is 0. The third-order valence-electron chi connectivity index (χ3n) is 4.10. The molecule has 0 unspecified atom stereocenters. The lowest BCUT2D eigenvalue weighted by Crippen LogP contribution is -2.01. The van der Waals surface area contributed by atoms with E-state index in [0.29, 0.717) is 0 Å². The average molecular weight is 335 g/mol. The van der Waals surface area contributed by atoms with Crippen molar-refractivity contribution in [1.29, 1.82) is 0 Å². The third-order valence-corrected chi connectivity index (χ3v) is 4.10. The van der Waals surface area contributed by atoms with Crippen molar-refractivity contribution >= 4 is 11.5 Å². The summed E-state index contributed by atoms with van der Waals surface area (Å²) in [5, 5.41) is 8.13. The topological polar surface area (TPSA) is 55.1 Å². The molecule has 0 amide bonds. The molecule has 3 rings (SSSR count). The Morgan fingerprint density at radius 2 is 2.24 bits per heavy atom. The zero-order valence-electron chi connectivity index (χ0n) is 15.4. The predicted molar refractivity (Wildman–Crippen MR) is 104 cm³/mol. The molecule has 2 aromatic heterocycles. The zero-order valence-corrected chi connectivity index (χ0v) is 15.4. The molecule has 2 aromatic rings. The molecule has 1 aliphatic rings. The second-order valence-corrected chi connectivity index (χ2v) is 6.61. The SMILES string of the molecule is C=C(C)N=C(/C=C\C)c1cn(C(C)C)nc1-c1cnc2c(c1)CCN2. The van der Waals surface area contributed by atoms with Gasteiger partial charge in [-0.25, -0.2) is 4.98 Å². The molecule has 5 heteroatoms. The highest BCUT2D eigenvalue weighted by Crippen LogP contribution is 2.29. The van der Waals surface area contributed by atoms with Crippen LogP contribution in [0.1, 0.15) is 44.9 Å². The van der Waals surface area contributed by atoms with Crippen molar-refractivity contribution in [3.63, 3.8) is 0 Å². The van der Waals surface area contributed by atoms with E-state index in [2.05, 4.69) is 48.0 Å². The van der Waals surface area contributed by atoms with Crippen LogP contribution in [0.2, 0.25) is 0 Å². The van der Waals surface area contributed by atoms with Gasteiger partial charge in [0.05, 0.1) is 5.71 Å². The van der Waals surface area contributed by atoms with Gasteiger partial charge in [-0.2, -0.15) is 5.10 Å². The molecule has 25 heavy (non-hydrogen) atoms. The average Bonchev–Trinajstić information content (AvgIpc) is 3.20. The molecule has 0 saturated heterocycles. The van der Waals surface area contributed by atoms with Gasteiger partial charge >= 0.3 is 0 Å². The number of aromatic nitrogens is 3. The molecule has 1 N–H and O–H groups in total. The summed E-state index contributed by atoms with van der Waals surface area (Å²) in [6, 6.07) is 2.46. The Kier molecular flexibility index (Phi) is 4.83. The minimum Gasteiger partial charge on any atom is -0.370 e. The van der Waals surface area contributed by atoms with Gasteiger partial charge in [-0.15, -0.1) is 0 Å². The molecule has 0 aliphatic carbocycles. The molecular weight excluding hydrogens is 310 g/mol. The molecule has 5 nitrogen and oxygen atoms in total. The molecule has 0 saturated carbocycles. The number of nitrogens with one attached hydrogen (secondary N) is 1. The second kappa shape index (κ2) is 7.05. The summed E-state index contributed by atoms with van der Waals surface area (Å²) in [5.74, 6) is 0.984. The van der Waals surface area contributed by atoms with Crippen molar-refractivity contribution in [3.05, 3.63) is 54.0 Å². The van der Waals surface area contributed by atoms with Gasteiger partial charge in [0.25, 0.3) is 0 Å². The van der Waals surface area contributed by atoms with E-state index in [9.17, 15) is 0 Å². The Morgan fingerprint density at radius 1 is 1.44 bits per heavy atom. The molecule has 0 atom stereocenters. The minimum atomic E-state index is 0.272. The van der Waals surface area contributed by atoms with Crippen LogP contribution < -0.4 is 5.32 Å². The van der Waals surface area contributed by atoms with E-state index in [-0.39, 0.29) is 6.04 Å². The van der Waals surface area contributed by atoms with E-state index in [1.54, 1.807) is 0 Å². The van der Waals surface area contributed by atoms with Crippen molar-refractivity contribution in [2.45, 2.75) is 40.2 Å². The fourth-order valence-electron chi connectivity index (χ4n) is 2.91. The molecule has 0 fully saturated rings. The van der Waals surface area contributed by atoms with Crippen LogP contribution in [0.4, 0.5) is 5.82 Å². The number of pyridine rings is 1. The summed E-state index contributed by atoms with van der Waals surface area (Å²) in [6.45, 7) is 13.0. The summed E-state index contributed by atoms with van der Waals surface area (Å²) in [5.41, 5.74) is 5.82. The maximum absolute atomic E-state index is 4.83. The molecule has 1 aliphatic heterocycles. The van der Waals surface area contributed by atoms with Crippen molar-refractivity contribution in [2.75, 3.05) is 11.9 Å². The summed E-state index contributed by atoms with van der Waals surface area (Å²) < 4.78 is 1.98. The summed E-state index contributed by atoms with van der Waals surface area (Å²) in [4.78, 5) is 9.18. The van der Waals surface area contributed by atoms with Gasteiger partial charge < -0.3 is 5.32 Å². The zero-order chi connectivity index (χ0) is 18.0. The lowest BCUT2D eigenvalue weighted by Gasteiger charge is -2.05. The van der Waals surface area contributed by atoms with Gasteiger partial charge in [0, 0.05) is 41.8 Å². The molecule has 0 spiro atoms. The van der Waals surface area contributed by atoms with E-state index >= 15 is 0 Å². The van der Waals surface area contributed by atoms with E-state index in [0.717, 1.165) is 47.0 Å². The van der Waals surface area contributed by atoms with E-state index in [4.69, 9.17) is 5.10 Å². The first-order valence-electron chi connectivity index (χ1n) is 8.69. The molecule has 0 radical (unpaired) electrons. The minimum absolute atomic E-state index is 0.272. The van der Waals surface area contributed by atoms with Crippen molar-refractivity contribution in [3.8, 4) is 11.3 Å². The Bertz CT molecular complexity index is 855. The number of nitrogens with zero attached hydrogens (tertiary/aromatic N) is 4.